The Morgan fingerprint density at radius 1 is 1.08 bits per heavy atom. The third kappa shape index (κ3) is 3.48. The number of fused-ring (bicyclic) bond motifs is 1. The second-order valence-electron chi connectivity index (χ2n) is 7.31. The topological polar surface area (TPSA) is 62.5 Å². The number of hydrogen-bond acceptors (Lipinski definition) is 3. The lowest BCUT2D eigenvalue weighted by Gasteiger charge is -2.26. The van der Waals surface area contributed by atoms with Gasteiger partial charge in [-0.3, -0.25) is 4.79 Å². The number of aliphatic hydroxyl groups is 1. The number of nitrogens with zero attached hydrogens (tertiary/aromatic N) is 1. The van der Waals surface area contributed by atoms with Crippen molar-refractivity contribution in [1.82, 2.24) is 4.57 Å². The first-order valence-electron chi connectivity index (χ1n) is 8.83. The molecular weight excluding hydrogens is 302 g/mol. The monoisotopic (exact) mass is 331 g/mol. The van der Waals surface area contributed by atoms with Crippen LogP contribution in [0.3, 0.4) is 0 Å². The Labute approximate surface area is 143 Å². The number of phenolic OH excluding ortho intramolecular Hbond substituents is 1. The van der Waals surface area contributed by atoms with Crippen LogP contribution >= 0.6 is 0 Å². The maximum Gasteiger partial charge on any atom is 0.251 e. The largest absolute Gasteiger partial charge is 0.506 e. The molecule has 0 aliphatic carbocycles. The quantitative estimate of drug-likeness (QED) is 0.825. The van der Waals surface area contributed by atoms with Crippen LogP contribution in [0.2, 0.25) is 0 Å². The van der Waals surface area contributed by atoms with Gasteiger partial charge in [-0.2, -0.15) is 0 Å². The Kier molecular flexibility index (Phi) is 5.70. The summed E-state index contributed by atoms with van der Waals surface area (Å²) in [4.78, 5) is 12.2. The molecule has 0 saturated carbocycles. The molecule has 2 unspecified atom stereocenters. The van der Waals surface area contributed by atoms with E-state index in [4.69, 9.17) is 0 Å². The number of benzene rings is 1. The summed E-state index contributed by atoms with van der Waals surface area (Å²) in [5.74, 6) is 0.725. The lowest BCUT2D eigenvalue weighted by molar-refractivity contribution is 0.0938. The van der Waals surface area contributed by atoms with Crippen LogP contribution in [0.15, 0.2) is 29.1 Å². The molecule has 0 amide bonds. The highest BCUT2D eigenvalue weighted by molar-refractivity contribution is 5.88. The summed E-state index contributed by atoms with van der Waals surface area (Å²) in [7, 11) is 0. The Morgan fingerprint density at radius 2 is 1.75 bits per heavy atom. The van der Waals surface area contributed by atoms with Crippen molar-refractivity contribution >= 4 is 10.9 Å². The maximum absolute atomic E-state index is 12.2. The molecule has 24 heavy (non-hydrogen) atoms. The van der Waals surface area contributed by atoms with E-state index < -0.39 is 6.10 Å². The highest BCUT2D eigenvalue weighted by atomic mass is 16.3. The fraction of sp³-hybridized carbons (Fsp3) is 0.550. The van der Waals surface area contributed by atoms with Crippen LogP contribution in [0, 0.1) is 11.8 Å². The van der Waals surface area contributed by atoms with Gasteiger partial charge < -0.3 is 14.8 Å². The molecule has 1 heterocycles. The lowest BCUT2D eigenvalue weighted by atomic mass is 9.85. The summed E-state index contributed by atoms with van der Waals surface area (Å²) >= 11 is 0. The summed E-state index contributed by atoms with van der Waals surface area (Å²) < 4.78 is 1.59. The van der Waals surface area contributed by atoms with Crippen LogP contribution in [0.4, 0.5) is 0 Å². The van der Waals surface area contributed by atoms with Gasteiger partial charge in [-0.1, -0.05) is 33.3 Å². The van der Waals surface area contributed by atoms with E-state index in [0.717, 1.165) is 23.8 Å². The number of rotatable bonds is 6. The molecule has 2 atom stereocenters. The zero-order chi connectivity index (χ0) is 18.0. The van der Waals surface area contributed by atoms with Crippen LogP contribution in [0.25, 0.3) is 10.9 Å². The fourth-order valence-electron chi connectivity index (χ4n) is 3.53. The van der Waals surface area contributed by atoms with Crippen molar-refractivity contribution in [2.24, 2.45) is 11.8 Å². The molecule has 1 aromatic heterocycles. The van der Waals surface area contributed by atoms with Crippen molar-refractivity contribution in [1.29, 1.82) is 0 Å². The van der Waals surface area contributed by atoms with Crippen molar-refractivity contribution in [3.8, 4) is 5.75 Å². The zero-order valence-electron chi connectivity index (χ0n) is 15.3. The standard InChI is InChI=1S/C20H29NO3/c1-6-14(11-12(2)3)20(24)16-7-9-17(22)19-15(16)8-10-18(23)21(19)13(4)5/h7-10,12-14,20,22,24H,6,11H2,1-5H3. The maximum atomic E-state index is 12.2. The van der Waals surface area contributed by atoms with Crippen molar-refractivity contribution in [3.05, 3.63) is 40.2 Å². The lowest BCUT2D eigenvalue weighted by Crippen LogP contribution is -2.22. The molecule has 0 aliphatic rings. The highest BCUT2D eigenvalue weighted by Gasteiger charge is 2.24. The predicted octanol–water partition coefficient (Wildman–Crippen LogP) is 4.39. The normalized spacial score (nSPS) is 14.5. The smallest absolute Gasteiger partial charge is 0.251 e. The van der Waals surface area contributed by atoms with Crippen LogP contribution in [-0.4, -0.2) is 14.8 Å². The van der Waals surface area contributed by atoms with Gasteiger partial charge in [0.15, 0.2) is 0 Å². The zero-order valence-corrected chi connectivity index (χ0v) is 15.3. The molecule has 0 spiro atoms. The summed E-state index contributed by atoms with van der Waals surface area (Å²) in [5, 5.41) is 22.0. The first kappa shape index (κ1) is 18.5. The Hall–Kier alpha value is -1.81. The first-order valence-corrected chi connectivity index (χ1v) is 8.83. The number of hydrogen-bond donors (Lipinski definition) is 2. The van der Waals surface area contributed by atoms with E-state index in [1.54, 1.807) is 22.8 Å². The van der Waals surface area contributed by atoms with E-state index >= 15 is 0 Å². The molecular formula is C20H29NO3. The van der Waals surface area contributed by atoms with Gasteiger partial charge in [-0.05, 0) is 49.8 Å². The highest BCUT2D eigenvalue weighted by Crippen LogP contribution is 2.36. The molecule has 0 radical (unpaired) electrons. The second kappa shape index (κ2) is 7.39. The molecule has 2 rings (SSSR count). The third-order valence-corrected chi connectivity index (χ3v) is 4.68. The Morgan fingerprint density at radius 3 is 2.29 bits per heavy atom. The average molecular weight is 331 g/mol. The first-order chi connectivity index (χ1) is 11.3. The molecule has 4 heteroatoms. The van der Waals surface area contributed by atoms with Gasteiger partial charge in [-0.15, -0.1) is 0 Å². The number of aromatic hydroxyl groups is 1. The molecule has 0 fully saturated rings. The molecule has 2 aromatic rings. The Balaban J connectivity index is 2.67. The van der Waals surface area contributed by atoms with Gasteiger partial charge in [0.05, 0.1) is 11.6 Å². The van der Waals surface area contributed by atoms with E-state index in [0.29, 0.717) is 11.4 Å². The number of pyridine rings is 1. The van der Waals surface area contributed by atoms with Crippen molar-refractivity contribution < 1.29 is 10.2 Å². The van der Waals surface area contributed by atoms with Crippen LogP contribution in [-0.2, 0) is 0 Å². The number of aromatic nitrogens is 1. The summed E-state index contributed by atoms with van der Waals surface area (Å²) in [6.07, 6.45) is 1.20. The van der Waals surface area contributed by atoms with Gasteiger partial charge in [0.25, 0.3) is 5.56 Å². The van der Waals surface area contributed by atoms with Gasteiger partial charge in [0, 0.05) is 17.5 Å². The minimum absolute atomic E-state index is 0.0721. The minimum atomic E-state index is -0.612. The SMILES string of the molecule is CCC(CC(C)C)C(O)c1ccc(O)c2c1ccc(=O)n2C(C)C. The fourth-order valence-corrected chi connectivity index (χ4v) is 3.53. The van der Waals surface area contributed by atoms with E-state index in [9.17, 15) is 15.0 Å². The molecule has 0 aliphatic heterocycles. The molecule has 4 nitrogen and oxygen atoms in total. The Bertz CT molecular complexity index is 761. The van der Waals surface area contributed by atoms with Crippen LogP contribution < -0.4 is 5.56 Å². The van der Waals surface area contributed by atoms with Crippen molar-refractivity contribution in [2.75, 3.05) is 0 Å². The van der Waals surface area contributed by atoms with E-state index in [1.807, 2.05) is 13.8 Å². The van der Waals surface area contributed by atoms with E-state index in [2.05, 4.69) is 20.8 Å². The minimum Gasteiger partial charge on any atom is -0.506 e. The molecule has 2 N–H and O–H groups in total. The van der Waals surface area contributed by atoms with Crippen molar-refractivity contribution in [2.45, 2.75) is 59.6 Å². The van der Waals surface area contributed by atoms with Gasteiger partial charge >= 0.3 is 0 Å². The second-order valence-corrected chi connectivity index (χ2v) is 7.31. The number of aliphatic hydroxyl groups excluding tert-OH is 1. The number of phenols is 1. The van der Waals surface area contributed by atoms with Crippen LogP contribution in [0.1, 0.15) is 65.2 Å². The van der Waals surface area contributed by atoms with Crippen LogP contribution in [0.5, 0.6) is 5.75 Å². The molecule has 0 saturated heterocycles. The van der Waals surface area contributed by atoms with E-state index in [1.165, 1.54) is 6.07 Å². The summed E-state index contributed by atoms with van der Waals surface area (Å²) in [5.41, 5.74) is 1.15. The van der Waals surface area contributed by atoms with Gasteiger partial charge in [0.2, 0.25) is 0 Å². The van der Waals surface area contributed by atoms with Gasteiger partial charge in [0.1, 0.15) is 5.75 Å². The van der Waals surface area contributed by atoms with E-state index in [-0.39, 0.29) is 23.3 Å². The molecule has 132 valence electrons. The van der Waals surface area contributed by atoms with Gasteiger partial charge in [-0.25, -0.2) is 0 Å². The predicted molar refractivity (Wildman–Crippen MR) is 98.5 cm³/mol. The third-order valence-electron chi connectivity index (χ3n) is 4.68. The summed E-state index contributed by atoms with van der Waals surface area (Å²) in [6.45, 7) is 10.2. The average Bonchev–Trinajstić information content (AvgIpc) is 2.52. The molecule has 1 aromatic carbocycles. The summed E-state index contributed by atoms with van der Waals surface area (Å²) in [6, 6.07) is 6.53. The van der Waals surface area contributed by atoms with Crippen molar-refractivity contribution in [3.63, 3.8) is 0 Å². The molecule has 0 bridgehead atoms.